The quantitative estimate of drug-likeness (QED) is 0.751. The Morgan fingerprint density at radius 1 is 1.21 bits per heavy atom. The number of sulfonamides is 1. The minimum absolute atomic E-state index is 0.0410. The third-order valence-corrected chi connectivity index (χ3v) is 6.33. The van der Waals surface area contributed by atoms with Crippen LogP contribution in [-0.4, -0.2) is 33.9 Å². The van der Waals surface area contributed by atoms with Crippen LogP contribution in [0.3, 0.4) is 0 Å². The molecule has 2 aromatic rings. The number of anilines is 2. The number of carbonyl (C=O) groups is 2. The number of fused-ring (bicyclic) bond motifs is 1. The second-order valence-electron chi connectivity index (χ2n) is 7.34. The molecule has 0 aromatic heterocycles. The topological polar surface area (TPSA) is 92.8 Å². The zero-order valence-corrected chi connectivity index (χ0v) is 17.3. The Hall–Kier alpha value is -2.94. The average molecular weight is 420 g/mol. The van der Waals surface area contributed by atoms with Crippen molar-refractivity contribution in [1.29, 1.82) is 0 Å². The summed E-state index contributed by atoms with van der Waals surface area (Å²) in [5, 5.41) is 0. The summed E-state index contributed by atoms with van der Waals surface area (Å²) in [6, 6.07) is 8.02. The summed E-state index contributed by atoms with van der Waals surface area (Å²) in [6.07, 6.45) is 0. The van der Waals surface area contributed by atoms with Crippen LogP contribution in [0.15, 0.2) is 41.3 Å². The molecule has 0 radical (unpaired) electrons. The Kier molecular flexibility index (Phi) is 5.12. The predicted molar refractivity (Wildman–Crippen MR) is 106 cm³/mol. The second-order valence-corrected chi connectivity index (χ2v) is 9.02. The molecule has 7 nitrogen and oxygen atoms in total. The van der Waals surface area contributed by atoms with Crippen molar-refractivity contribution in [2.24, 2.45) is 0 Å². The molecule has 1 aliphatic heterocycles. The van der Waals surface area contributed by atoms with Gasteiger partial charge in [0.1, 0.15) is 12.4 Å². The van der Waals surface area contributed by atoms with Crippen molar-refractivity contribution in [1.82, 2.24) is 0 Å². The van der Waals surface area contributed by atoms with Gasteiger partial charge in [-0.15, -0.1) is 0 Å². The summed E-state index contributed by atoms with van der Waals surface area (Å²) in [5.74, 6) is -1.36. The zero-order valence-electron chi connectivity index (χ0n) is 16.4. The van der Waals surface area contributed by atoms with E-state index in [1.807, 2.05) is 0 Å². The Morgan fingerprint density at radius 3 is 2.52 bits per heavy atom. The van der Waals surface area contributed by atoms with Crippen LogP contribution in [0.25, 0.3) is 0 Å². The fraction of sp³-hybridized carbons (Fsp3) is 0.300. The van der Waals surface area contributed by atoms with Gasteiger partial charge in [-0.1, -0.05) is 0 Å². The van der Waals surface area contributed by atoms with Gasteiger partial charge in [0.25, 0.3) is 10.0 Å². The molecule has 0 aliphatic carbocycles. The summed E-state index contributed by atoms with van der Waals surface area (Å²) in [5.41, 5.74) is 0.636. The first-order chi connectivity index (χ1) is 13.5. The molecule has 0 saturated carbocycles. The summed E-state index contributed by atoms with van der Waals surface area (Å²) in [4.78, 5) is 25.7. The van der Waals surface area contributed by atoms with Crippen LogP contribution in [0, 0.1) is 12.7 Å². The second kappa shape index (κ2) is 7.14. The van der Waals surface area contributed by atoms with Gasteiger partial charge >= 0.3 is 5.97 Å². The number of halogens is 1. The van der Waals surface area contributed by atoms with Crippen molar-refractivity contribution >= 4 is 33.3 Å². The summed E-state index contributed by atoms with van der Waals surface area (Å²) < 4.78 is 46.1. The summed E-state index contributed by atoms with van der Waals surface area (Å²) in [6.45, 7) is 4.67. The van der Waals surface area contributed by atoms with Crippen LogP contribution in [0.5, 0.6) is 0 Å². The molecule has 154 valence electrons. The largest absolute Gasteiger partial charge is 0.468 e. The molecule has 2 aromatic carbocycles. The van der Waals surface area contributed by atoms with E-state index in [1.54, 1.807) is 20.8 Å². The monoisotopic (exact) mass is 420 g/mol. The van der Waals surface area contributed by atoms with Gasteiger partial charge in [0.2, 0.25) is 5.91 Å². The molecule has 0 spiro atoms. The maximum atomic E-state index is 13.3. The first-order valence-corrected chi connectivity index (χ1v) is 10.3. The highest BCUT2D eigenvalue weighted by Gasteiger charge is 2.45. The van der Waals surface area contributed by atoms with Crippen molar-refractivity contribution in [2.75, 3.05) is 23.3 Å². The molecule has 1 heterocycles. The number of methoxy groups -OCH3 is 1. The van der Waals surface area contributed by atoms with Crippen molar-refractivity contribution in [3.63, 3.8) is 0 Å². The van der Waals surface area contributed by atoms with Gasteiger partial charge in [0.05, 0.1) is 23.1 Å². The standard InChI is InChI=1S/C20H21FN2O5S/c1-12-9-13(21)5-7-16(12)22-29(26,27)14-6-8-17-15(10-14)20(2,3)19(25)23(17)11-18(24)28-4/h5-10,22H,11H2,1-4H3. The first-order valence-electron chi connectivity index (χ1n) is 8.79. The van der Waals surface area contributed by atoms with Gasteiger partial charge in [0.15, 0.2) is 0 Å². The van der Waals surface area contributed by atoms with E-state index < -0.39 is 27.2 Å². The van der Waals surface area contributed by atoms with Gasteiger partial charge in [0, 0.05) is 5.69 Å². The van der Waals surface area contributed by atoms with Crippen molar-refractivity contribution in [2.45, 2.75) is 31.1 Å². The highest BCUT2D eigenvalue weighted by atomic mass is 32.2. The van der Waals surface area contributed by atoms with Gasteiger partial charge < -0.3 is 9.64 Å². The third-order valence-electron chi connectivity index (χ3n) is 4.97. The molecular weight excluding hydrogens is 399 g/mol. The normalized spacial score (nSPS) is 15.2. The Bertz CT molecular complexity index is 1110. The van der Waals surface area contributed by atoms with E-state index in [0.29, 0.717) is 16.8 Å². The Morgan fingerprint density at radius 2 is 1.90 bits per heavy atom. The first kappa shape index (κ1) is 20.8. The highest BCUT2D eigenvalue weighted by molar-refractivity contribution is 7.92. The number of benzene rings is 2. The molecule has 0 fully saturated rings. The molecular formula is C20H21FN2O5S. The molecule has 3 rings (SSSR count). The van der Waals surface area contributed by atoms with Crippen LogP contribution in [-0.2, 0) is 29.8 Å². The van der Waals surface area contributed by atoms with Gasteiger partial charge in [-0.3, -0.25) is 14.3 Å². The number of nitrogens with zero attached hydrogens (tertiary/aromatic N) is 1. The van der Waals surface area contributed by atoms with Crippen LogP contribution in [0.1, 0.15) is 25.0 Å². The van der Waals surface area contributed by atoms with E-state index >= 15 is 0 Å². The number of amides is 1. The lowest BCUT2D eigenvalue weighted by Gasteiger charge is -2.19. The van der Waals surface area contributed by atoms with Gasteiger partial charge in [-0.25, -0.2) is 12.8 Å². The van der Waals surface area contributed by atoms with Crippen LogP contribution in [0.2, 0.25) is 0 Å². The lowest BCUT2D eigenvalue weighted by molar-refractivity contribution is -0.140. The number of ether oxygens (including phenoxy) is 1. The van der Waals surface area contributed by atoms with Crippen molar-refractivity contribution in [3.05, 3.63) is 53.3 Å². The summed E-state index contributed by atoms with van der Waals surface area (Å²) in [7, 11) is -2.75. The number of rotatable bonds is 5. The maximum absolute atomic E-state index is 13.3. The Balaban J connectivity index is 2.00. The van der Waals surface area contributed by atoms with Crippen molar-refractivity contribution in [3.8, 4) is 0 Å². The molecule has 0 atom stereocenters. The molecule has 0 unspecified atom stereocenters. The number of esters is 1. The van der Waals surface area contributed by atoms with E-state index in [9.17, 15) is 22.4 Å². The number of nitrogens with one attached hydrogen (secondary N) is 1. The van der Waals surface area contributed by atoms with Crippen molar-refractivity contribution < 1.29 is 27.1 Å². The molecule has 1 N–H and O–H groups in total. The molecule has 1 amide bonds. The lowest BCUT2D eigenvalue weighted by atomic mass is 9.86. The van der Waals surface area contributed by atoms with E-state index in [0.717, 1.165) is 0 Å². The molecule has 0 bridgehead atoms. The minimum Gasteiger partial charge on any atom is -0.468 e. The fourth-order valence-electron chi connectivity index (χ4n) is 3.28. The smallest absolute Gasteiger partial charge is 0.325 e. The van der Waals surface area contributed by atoms with E-state index in [1.165, 1.54) is 48.4 Å². The van der Waals surface area contributed by atoms with Crippen LogP contribution in [0.4, 0.5) is 15.8 Å². The molecule has 9 heteroatoms. The Labute approximate surface area is 168 Å². The average Bonchev–Trinajstić information content (AvgIpc) is 2.84. The van der Waals surface area contributed by atoms with Gasteiger partial charge in [-0.05, 0) is 68.3 Å². The van der Waals surface area contributed by atoms with E-state index in [-0.39, 0.29) is 23.0 Å². The van der Waals surface area contributed by atoms with E-state index in [2.05, 4.69) is 9.46 Å². The third kappa shape index (κ3) is 3.69. The SMILES string of the molecule is COC(=O)CN1C(=O)C(C)(C)c2cc(S(=O)(=O)Nc3ccc(F)cc3C)ccc21. The minimum atomic E-state index is -3.98. The maximum Gasteiger partial charge on any atom is 0.325 e. The summed E-state index contributed by atoms with van der Waals surface area (Å²) >= 11 is 0. The van der Waals surface area contributed by atoms with E-state index in [4.69, 9.17) is 0 Å². The highest BCUT2D eigenvalue weighted by Crippen LogP contribution is 2.42. The van der Waals surface area contributed by atoms with Crippen LogP contribution < -0.4 is 9.62 Å². The zero-order chi connectivity index (χ0) is 21.6. The van der Waals surface area contributed by atoms with Crippen LogP contribution >= 0.6 is 0 Å². The molecule has 0 saturated heterocycles. The number of hydrogen-bond acceptors (Lipinski definition) is 5. The number of aryl methyl sites for hydroxylation is 1. The fourth-order valence-corrected chi connectivity index (χ4v) is 4.43. The lowest BCUT2D eigenvalue weighted by Crippen LogP contribution is -2.39. The number of hydrogen-bond donors (Lipinski definition) is 1. The molecule has 1 aliphatic rings. The van der Waals surface area contributed by atoms with Gasteiger partial charge in [-0.2, -0.15) is 0 Å². The molecule has 29 heavy (non-hydrogen) atoms. The predicted octanol–water partition coefficient (Wildman–Crippen LogP) is 2.73. The number of carbonyl (C=O) groups excluding carboxylic acids is 2.